The highest BCUT2D eigenvalue weighted by Crippen LogP contribution is 2.19. The maximum Gasteiger partial charge on any atom is 0.319 e. The Labute approximate surface area is 174 Å². The van der Waals surface area contributed by atoms with E-state index in [4.69, 9.17) is 21.1 Å². The minimum Gasteiger partial charge on any atom is -0.481 e. The van der Waals surface area contributed by atoms with Gasteiger partial charge in [0.1, 0.15) is 5.75 Å². The molecule has 1 aliphatic heterocycles. The second-order valence-corrected chi connectivity index (χ2v) is 7.19. The van der Waals surface area contributed by atoms with Gasteiger partial charge in [-0.05, 0) is 62.2 Å². The molecule has 0 aromatic heterocycles. The van der Waals surface area contributed by atoms with Crippen molar-refractivity contribution in [2.75, 3.05) is 23.8 Å². The molecular weight excluding hydrogens is 394 g/mol. The van der Waals surface area contributed by atoms with Crippen LogP contribution in [0.5, 0.6) is 5.75 Å². The third kappa shape index (κ3) is 6.66. The van der Waals surface area contributed by atoms with Gasteiger partial charge in [-0.3, -0.25) is 4.79 Å². The van der Waals surface area contributed by atoms with Gasteiger partial charge >= 0.3 is 6.03 Å². The summed E-state index contributed by atoms with van der Waals surface area (Å²) in [4.78, 5) is 24.3. The lowest BCUT2D eigenvalue weighted by molar-refractivity contribution is -0.122. The molecule has 0 spiro atoms. The molecule has 3 rings (SSSR count). The van der Waals surface area contributed by atoms with Gasteiger partial charge in [-0.1, -0.05) is 17.7 Å². The summed E-state index contributed by atoms with van der Waals surface area (Å²) in [5.74, 6) is 0.230. The molecule has 7 nitrogen and oxygen atoms in total. The number of ether oxygens (including phenoxy) is 2. The molecule has 2 atom stereocenters. The Kier molecular flexibility index (Phi) is 7.32. The SMILES string of the molecule is CC(Oc1cccc(Cl)c1)C(=O)Nc1ccc(NC(=O)NCC2CCCO2)cc1. The van der Waals surface area contributed by atoms with Gasteiger partial charge in [-0.2, -0.15) is 0 Å². The van der Waals surface area contributed by atoms with Crippen LogP contribution in [0.3, 0.4) is 0 Å². The first kappa shape index (κ1) is 21.0. The molecule has 2 aromatic carbocycles. The minimum atomic E-state index is -0.699. The van der Waals surface area contributed by atoms with E-state index in [1.807, 2.05) is 0 Å². The highest BCUT2D eigenvalue weighted by Gasteiger charge is 2.17. The van der Waals surface area contributed by atoms with E-state index in [0.29, 0.717) is 28.7 Å². The monoisotopic (exact) mass is 417 g/mol. The molecule has 1 fully saturated rings. The predicted octanol–water partition coefficient (Wildman–Crippen LogP) is 4.05. The smallest absolute Gasteiger partial charge is 0.319 e. The highest BCUT2D eigenvalue weighted by molar-refractivity contribution is 6.30. The average Bonchev–Trinajstić information content (AvgIpc) is 3.21. The van der Waals surface area contributed by atoms with Crippen LogP contribution < -0.4 is 20.7 Å². The molecule has 0 radical (unpaired) electrons. The zero-order valence-electron chi connectivity index (χ0n) is 16.1. The number of carbonyl (C=O) groups is 2. The number of hydrogen-bond acceptors (Lipinski definition) is 4. The van der Waals surface area contributed by atoms with E-state index in [-0.39, 0.29) is 18.0 Å². The fourth-order valence-corrected chi connectivity index (χ4v) is 3.05. The summed E-state index contributed by atoms with van der Waals surface area (Å²) in [7, 11) is 0. The molecule has 0 bridgehead atoms. The molecule has 1 saturated heterocycles. The number of anilines is 2. The zero-order chi connectivity index (χ0) is 20.6. The Morgan fingerprint density at radius 1 is 1.17 bits per heavy atom. The first-order valence-electron chi connectivity index (χ1n) is 9.49. The minimum absolute atomic E-state index is 0.0921. The van der Waals surface area contributed by atoms with E-state index in [1.165, 1.54) is 0 Å². The predicted molar refractivity (Wildman–Crippen MR) is 113 cm³/mol. The first-order valence-corrected chi connectivity index (χ1v) is 9.87. The van der Waals surface area contributed by atoms with Crippen molar-refractivity contribution in [2.24, 2.45) is 0 Å². The van der Waals surface area contributed by atoms with Crippen molar-refractivity contribution in [1.29, 1.82) is 0 Å². The molecule has 1 aliphatic rings. The van der Waals surface area contributed by atoms with E-state index in [1.54, 1.807) is 55.5 Å². The molecule has 3 N–H and O–H groups in total. The van der Waals surface area contributed by atoms with Gasteiger partial charge in [-0.25, -0.2) is 4.79 Å². The van der Waals surface area contributed by atoms with Crippen LogP contribution in [-0.2, 0) is 9.53 Å². The fraction of sp³-hybridized carbons (Fsp3) is 0.333. The van der Waals surface area contributed by atoms with Crippen molar-refractivity contribution in [3.63, 3.8) is 0 Å². The lowest BCUT2D eigenvalue weighted by Crippen LogP contribution is -2.35. The van der Waals surface area contributed by atoms with Gasteiger partial charge in [0.25, 0.3) is 5.91 Å². The van der Waals surface area contributed by atoms with E-state index in [0.717, 1.165) is 19.4 Å². The maximum atomic E-state index is 12.3. The fourth-order valence-electron chi connectivity index (χ4n) is 2.87. The number of benzene rings is 2. The van der Waals surface area contributed by atoms with Gasteiger partial charge < -0.3 is 25.4 Å². The van der Waals surface area contributed by atoms with E-state index >= 15 is 0 Å². The number of carbonyl (C=O) groups excluding carboxylic acids is 2. The van der Waals surface area contributed by atoms with E-state index in [9.17, 15) is 9.59 Å². The Bertz CT molecular complexity index is 838. The molecule has 0 saturated carbocycles. The first-order chi connectivity index (χ1) is 14.0. The van der Waals surface area contributed by atoms with Crippen LogP contribution in [0.15, 0.2) is 48.5 Å². The third-order valence-corrected chi connectivity index (χ3v) is 4.64. The summed E-state index contributed by atoms with van der Waals surface area (Å²) in [5.41, 5.74) is 1.22. The molecule has 3 amide bonds. The summed E-state index contributed by atoms with van der Waals surface area (Å²) >= 11 is 5.92. The molecule has 2 unspecified atom stereocenters. The van der Waals surface area contributed by atoms with Crippen LogP contribution in [0.4, 0.5) is 16.2 Å². The normalized spacial score (nSPS) is 16.7. The standard InChI is InChI=1S/C21H24ClN3O4/c1-14(29-18-5-2-4-15(22)12-18)20(26)24-16-7-9-17(10-8-16)25-21(27)23-13-19-6-3-11-28-19/h2,4-5,7-10,12,14,19H,3,6,11,13H2,1H3,(H,24,26)(H2,23,25,27). The summed E-state index contributed by atoms with van der Waals surface area (Å²) in [6, 6.07) is 13.4. The summed E-state index contributed by atoms with van der Waals surface area (Å²) < 4.78 is 11.1. The Hall–Kier alpha value is -2.77. The summed E-state index contributed by atoms with van der Waals surface area (Å²) in [6.07, 6.45) is 1.39. The van der Waals surface area contributed by atoms with Gasteiger partial charge in [0.05, 0.1) is 6.10 Å². The van der Waals surface area contributed by atoms with Gasteiger partial charge in [0.15, 0.2) is 6.10 Å². The maximum absolute atomic E-state index is 12.3. The zero-order valence-corrected chi connectivity index (χ0v) is 16.9. The van der Waals surface area contributed by atoms with Crippen molar-refractivity contribution in [1.82, 2.24) is 5.32 Å². The van der Waals surface area contributed by atoms with Crippen LogP contribution in [0, 0.1) is 0 Å². The third-order valence-electron chi connectivity index (χ3n) is 4.40. The van der Waals surface area contributed by atoms with Gasteiger partial charge in [0.2, 0.25) is 0 Å². The molecule has 0 aliphatic carbocycles. The summed E-state index contributed by atoms with van der Waals surface area (Å²) in [5, 5.41) is 8.86. The topological polar surface area (TPSA) is 88.7 Å². The summed E-state index contributed by atoms with van der Waals surface area (Å²) in [6.45, 7) is 2.90. The van der Waals surface area contributed by atoms with Crippen LogP contribution >= 0.6 is 11.6 Å². The molecule has 29 heavy (non-hydrogen) atoms. The van der Waals surface area contributed by atoms with Crippen molar-refractivity contribution in [3.8, 4) is 5.75 Å². The Balaban J connectivity index is 1.45. The second kappa shape index (κ2) is 10.1. The van der Waals surface area contributed by atoms with Gasteiger partial charge in [-0.15, -0.1) is 0 Å². The second-order valence-electron chi connectivity index (χ2n) is 6.75. The quantitative estimate of drug-likeness (QED) is 0.634. The highest BCUT2D eigenvalue weighted by atomic mass is 35.5. The van der Waals surface area contributed by atoms with Crippen LogP contribution in [0.25, 0.3) is 0 Å². The van der Waals surface area contributed by atoms with E-state index in [2.05, 4.69) is 16.0 Å². The van der Waals surface area contributed by atoms with Crippen LogP contribution in [0.1, 0.15) is 19.8 Å². The van der Waals surface area contributed by atoms with E-state index < -0.39 is 6.10 Å². The number of hydrogen-bond donors (Lipinski definition) is 3. The van der Waals surface area contributed by atoms with Crippen molar-refractivity contribution in [3.05, 3.63) is 53.6 Å². The number of urea groups is 1. The number of amides is 3. The lowest BCUT2D eigenvalue weighted by atomic mass is 10.2. The molecule has 8 heteroatoms. The average molecular weight is 418 g/mol. The number of halogens is 1. The van der Waals surface area contributed by atoms with Gasteiger partial charge in [0, 0.05) is 29.5 Å². The molecular formula is C21H24ClN3O4. The molecule has 1 heterocycles. The molecule has 154 valence electrons. The number of rotatable bonds is 7. The van der Waals surface area contributed by atoms with Crippen molar-refractivity contribution < 1.29 is 19.1 Å². The van der Waals surface area contributed by atoms with Crippen LogP contribution in [0.2, 0.25) is 5.02 Å². The van der Waals surface area contributed by atoms with Crippen molar-refractivity contribution >= 4 is 34.9 Å². The lowest BCUT2D eigenvalue weighted by Gasteiger charge is -2.15. The largest absolute Gasteiger partial charge is 0.481 e. The Morgan fingerprint density at radius 3 is 2.55 bits per heavy atom. The van der Waals surface area contributed by atoms with Crippen molar-refractivity contribution in [2.45, 2.75) is 32.0 Å². The number of nitrogens with one attached hydrogen (secondary N) is 3. The Morgan fingerprint density at radius 2 is 1.90 bits per heavy atom. The molecule has 2 aromatic rings. The van der Waals surface area contributed by atoms with Crippen LogP contribution in [-0.4, -0.2) is 37.3 Å².